The average molecular weight is 260 g/mol. The van der Waals surface area contributed by atoms with E-state index in [0.29, 0.717) is 11.3 Å². The zero-order chi connectivity index (χ0) is 14.1. The highest BCUT2D eigenvalue weighted by Crippen LogP contribution is 2.14. The summed E-state index contributed by atoms with van der Waals surface area (Å²) in [7, 11) is 0. The number of nitrogens with zero attached hydrogens (tertiary/aromatic N) is 1. The largest absolute Gasteiger partial charge is 0.484 e. The van der Waals surface area contributed by atoms with E-state index in [-0.39, 0.29) is 13.2 Å². The zero-order valence-electron chi connectivity index (χ0n) is 10.00. The van der Waals surface area contributed by atoms with E-state index in [1.807, 2.05) is 0 Å². The number of amides is 1. The summed E-state index contributed by atoms with van der Waals surface area (Å²) in [5.41, 5.74) is 0.650. The molecule has 1 amide bonds. The topological polar surface area (TPSA) is 99.4 Å². The molecule has 1 rings (SSSR count). The first kappa shape index (κ1) is 14.3. The van der Waals surface area contributed by atoms with Crippen LogP contribution < -0.4 is 10.1 Å². The van der Waals surface area contributed by atoms with Crippen LogP contribution in [0.3, 0.4) is 0 Å². The molecule has 0 spiro atoms. The summed E-state index contributed by atoms with van der Waals surface area (Å²) in [6.45, 7) is -0.267. The first-order valence-corrected chi connectivity index (χ1v) is 5.39. The number of benzene rings is 1. The molecule has 0 atom stereocenters. The molecule has 0 aliphatic rings. The van der Waals surface area contributed by atoms with Crippen LogP contribution in [-0.2, 0) is 9.59 Å². The fraction of sp³-hybridized carbons (Fsp3) is 0.154. The van der Waals surface area contributed by atoms with E-state index in [4.69, 9.17) is 15.1 Å². The van der Waals surface area contributed by atoms with Crippen molar-refractivity contribution >= 4 is 18.0 Å². The molecule has 1 aromatic carbocycles. The van der Waals surface area contributed by atoms with Gasteiger partial charge in [-0.1, -0.05) is 12.1 Å². The number of nitrogens with one attached hydrogen (secondary N) is 1. The van der Waals surface area contributed by atoms with E-state index in [0.717, 1.165) is 6.08 Å². The molecule has 0 fully saturated rings. The van der Waals surface area contributed by atoms with E-state index in [1.165, 1.54) is 6.08 Å². The maximum absolute atomic E-state index is 11.2. The van der Waals surface area contributed by atoms with Gasteiger partial charge in [0.1, 0.15) is 12.3 Å². The lowest BCUT2D eigenvalue weighted by molar-refractivity contribution is -0.131. The summed E-state index contributed by atoms with van der Waals surface area (Å²) in [6.07, 6.45) is 2.43. The number of aliphatic carboxylic acids is 1. The van der Waals surface area contributed by atoms with Crippen LogP contribution in [0.4, 0.5) is 0 Å². The molecular weight excluding hydrogens is 248 g/mol. The molecule has 0 radical (unpaired) electrons. The summed E-state index contributed by atoms with van der Waals surface area (Å²) in [6, 6.07) is 8.43. The van der Waals surface area contributed by atoms with Crippen LogP contribution in [0, 0.1) is 11.3 Å². The first-order chi connectivity index (χ1) is 9.11. The molecular formula is C13H12N2O4. The van der Waals surface area contributed by atoms with Crippen molar-refractivity contribution in [2.45, 2.75) is 0 Å². The van der Waals surface area contributed by atoms with Gasteiger partial charge < -0.3 is 15.2 Å². The Morgan fingerprint density at radius 1 is 1.47 bits per heavy atom. The van der Waals surface area contributed by atoms with Crippen molar-refractivity contribution in [3.05, 3.63) is 35.9 Å². The molecule has 0 saturated heterocycles. The lowest BCUT2D eigenvalue weighted by atomic mass is 10.2. The predicted octanol–water partition coefficient (Wildman–Crippen LogP) is 0.803. The number of carboxylic acids is 1. The van der Waals surface area contributed by atoms with E-state index in [1.54, 1.807) is 30.3 Å². The van der Waals surface area contributed by atoms with Crippen LogP contribution in [0.5, 0.6) is 5.75 Å². The zero-order valence-corrected chi connectivity index (χ0v) is 10.00. The van der Waals surface area contributed by atoms with Crippen LogP contribution in [0.15, 0.2) is 30.3 Å². The Morgan fingerprint density at radius 3 is 2.95 bits per heavy atom. The second kappa shape index (κ2) is 7.50. The van der Waals surface area contributed by atoms with Crippen LogP contribution in [0.2, 0.25) is 0 Å². The number of carboxylic acid groups (broad SMARTS) is 1. The number of hydrogen-bond donors (Lipinski definition) is 2. The summed E-state index contributed by atoms with van der Waals surface area (Å²) >= 11 is 0. The second-order valence-electron chi connectivity index (χ2n) is 3.47. The molecule has 0 bridgehead atoms. The van der Waals surface area contributed by atoms with Crippen LogP contribution in [-0.4, -0.2) is 30.1 Å². The quantitative estimate of drug-likeness (QED) is 0.582. The van der Waals surface area contributed by atoms with E-state index >= 15 is 0 Å². The minimum atomic E-state index is -1.04. The standard InChI is InChI=1S/C13H12N2O4/c14-6-7-15-12(16)9-19-11-3-1-2-10(8-11)4-5-13(17)18/h1-5,8H,7,9H2,(H,15,16)(H,17,18)/b5-4+. The molecule has 2 N–H and O–H groups in total. The maximum atomic E-state index is 11.2. The third-order valence-electron chi connectivity index (χ3n) is 2.01. The number of rotatable bonds is 6. The molecule has 0 unspecified atom stereocenters. The Bertz CT molecular complexity index is 532. The lowest BCUT2D eigenvalue weighted by Crippen LogP contribution is -2.29. The Morgan fingerprint density at radius 2 is 2.26 bits per heavy atom. The summed E-state index contributed by atoms with van der Waals surface area (Å²) in [5, 5.41) is 19.1. The van der Waals surface area contributed by atoms with Crippen LogP contribution in [0.1, 0.15) is 5.56 Å². The summed E-state index contributed by atoms with van der Waals surface area (Å²) < 4.78 is 5.21. The molecule has 19 heavy (non-hydrogen) atoms. The smallest absolute Gasteiger partial charge is 0.328 e. The van der Waals surface area contributed by atoms with Crippen molar-refractivity contribution in [3.8, 4) is 11.8 Å². The first-order valence-electron chi connectivity index (χ1n) is 5.39. The number of carbonyl (C=O) groups is 2. The van der Waals surface area contributed by atoms with Gasteiger partial charge in [-0.2, -0.15) is 5.26 Å². The van der Waals surface area contributed by atoms with Gasteiger partial charge in [0.05, 0.1) is 6.07 Å². The fourth-order valence-corrected chi connectivity index (χ4v) is 1.21. The van der Waals surface area contributed by atoms with Gasteiger partial charge >= 0.3 is 5.97 Å². The summed E-state index contributed by atoms with van der Waals surface area (Å²) in [4.78, 5) is 21.6. The Labute approximate surface area is 109 Å². The third kappa shape index (κ3) is 5.89. The number of carbonyl (C=O) groups excluding carboxylic acids is 1. The Balaban J connectivity index is 2.55. The van der Waals surface area contributed by atoms with Crippen molar-refractivity contribution in [1.82, 2.24) is 5.32 Å². The normalized spacial score (nSPS) is 9.84. The highest BCUT2D eigenvalue weighted by Gasteiger charge is 2.02. The molecule has 0 aliphatic carbocycles. The molecule has 6 heteroatoms. The molecule has 0 aromatic heterocycles. The number of nitriles is 1. The van der Waals surface area contributed by atoms with Gasteiger partial charge in [0.2, 0.25) is 0 Å². The van der Waals surface area contributed by atoms with Gasteiger partial charge in [-0.15, -0.1) is 0 Å². The Kier molecular flexibility index (Phi) is 5.63. The molecule has 0 saturated carbocycles. The highest BCUT2D eigenvalue weighted by atomic mass is 16.5. The average Bonchev–Trinajstić information content (AvgIpc) is 2.41. The molecule has 98 valence electrons. The van der Waals surface area contributed by atoms with Crippen molar-refractivity contribution in [2.24, 2.45) is 0 Å². The third-order valence-corrected chi connectivity index (χ3v) is 2.01. The minimum Gasteiger partial charge on any atom is -0.484 e. The van der Waals surface area contributed by atoms with Gasteiger partial charge in [-0.3, -0.25) is 4.79 Å². The monoisotopic (exact) mass is 260 g/mol. The van der Waals surface area contributed by atoms with Gasteiger partial charge in [0.15, 0.2) is 6.61 Å². The van der Waals surface area contributed by atoms with Crippen molar-refractivity contribution in [3.63, 3.8) is 0 Å². The predicted molar refractivity (Wildman–Crippen MR) is 67.2 cm³/mol. The Hall–Kier alpha value is -2.81. The maximum Gasteiger partial charge on any atom is 0.328 e. The molecule has 0 heterocycles. The van der Waals surface area contributed by atoms with Crippen LogP contribution in [0.25, 0.3) is 6.08 Å². The van der Waals surface area contributed by atoms with Gasteiger partial charge in [0.25, 0.3) is 5.91 Å². The minimum absolute atomic E-state index is 0.0659. The molecule has 0 aliphatic heterocycles. The molecule has 1 aromatic rings. The van der Waals surface area contributed by atoms with Crippen molar-refractivity contribution in [2.75, 3.05) is 13.2 Å². The van der Waals surface area contributed by atoms with E-state index in [9.17, 15) is 9.59 Å². The number of ether oxygens (including phenoxy) is 1. The fourth-order valence-electron chi connectivity index (χ4n) is 1.21. The van der Waals surface area contributed by atoms with Gasteiger partial charge in [-0.05, 0) is 23.8 Å². The van der Waals surface area contributed by atoms with E-state index in [2.05, 4.69) is 5.32 Å². The van der Waals surface area contributed by atoms with Gasteiger partial charge in [-0.25, -0.2) is 4.79 Å². The van der Waals surface area contributed by atoms with Gasteiger partial charge in [0, 0.05) is 6.08 Å². The summed E-state index contributed by atoms with van der Waals surface area (Å²) in [5.74, 6) is -0.991. The highest BCUT2D eigenvalue weighted by molar-refractivity contribution is 5.85. The second-order valence-corrected chi connectivity index (χ2v) is 3.47. The van der Waals surface area contributed by atoms with Crippen LogP contribution >= 0.6 is 0 Å². The van der Waals surface area contributed by atoms with Crippen molar-refractivity contribution < 1.29 is 19.4 Å². The molecule has 6 nitrogen and oxygen atoms in total. The van der Waals surface area contributed by atoms with E-state index < -0.39 is 11.9 Å². The van der Waals surface area contributed by atoms with Crippen molar-refractivity contribution in [1.29, 1.82) is 5.26 Å². The number of hydrogen-bond acceptors (Lipinski definition) is 4. The SMILES string of the molecule is N#CCNC(=O)COc1cccc(/C=C/C(=O)O)c1. The lowest BCUT2D eigenvalue weighted by Gasteiger charge is -2.06.